The number of halogens is 1. The lowest BCUT2D eigenvalue weighted by atomic mass is 10.0. The molecule has 100 valence electrons. The highest BCUT2D eigenvalue weighted by Gasteiger charge is 2.20. The summed E-state index contributed by atoms with van der Waals surface area (Å²) in [7, 11) is 0. The summed E-state index contributed by atoms with van der Waals surface area (Å²) in [6.07, 6.45) is 1.85. The van der Waals surface area contributed by atoms with E-state index in [1.54, 1.807) is 0 Å². The van der Waals surface area contributed by atoms with Crippen LogP contribution < -0.4 is 5.32 Å². The zero-order valence-electron chi connectivity index (χ0n) is 10.3. The van der Waals surface area contributed by atoms with E-state index in [4.69, 9.17) is 16.7 Å². The maximum Gasteiger partial charge on any atom is 0.312 e. The lowest BCUT2D eigenvalue weighted by molar-refractivity contribution is -0.384. The van der Waals surface area contributed by atoms with Gasteiger partial charge in [-0.3, -0.25) is 10.1 Å². The smallest absolute Gasteiger partial charge is 0.312 e. The van der Waals surface area contributed by atoms with Crippen molar-refractivity contribution in [3.05, 3.63) is 27.4 Å². The van der Waals surface area contributed by atoms with Crippen LogP contribution in [0.4, 0.5) is 11.5 Å². The first-order valence-corrected chi connectivity index (χ1v) is 6.00. The summed E-state index contributed by atoms with van der Waals surface area (Å²) in [6.45, 7) is 3.95. The molecule has 1 aromatic heterocycles. The summed E-state index contributed by atoms with van der Waals surface area (Å²) in [6, 6.07) is 1.18. The predicted octanol–water partition coefficient (Wildman–Crippen LogP) is 2.46. The van der Waals surface area contributed by atoms with Gasteiger partial charge in [0.2, 0.25) is 5.82 Å². The molecule has 0 radical (unpaired) electrons. The van der Waals surface area contributed by atoms with Gasteiger partial charge in [-0.05, 0) is 12.3 Å². The van der Waals surface area contributed by atoms with Gasteiger partial charge in [0.1, 0.15) is 0 Å². The summed E-state index contributed by atoms with van der Waals surface area (Å²) in [5.74, 6) is 0.394. The molecule has 1 atom stereocenters. The highest BCUT2D eigenvalue weighted by molar-refractivity contribution is 6.30. The van der Waals surface area contributed by atoms with Gasteiger partial charge in [0, 0.05) is 24.9 Å². The quantitative estimate of drug-likeness (QED) is 0.614. The van der Waals surface area contributed by atoms with Gasteiger partial charge in [-0.2, -0.15) is 0 Å². The average molecular weight is 274 g/mol. The van der Waals surface area contributed by atoms with Crippen molar-refractivity contribution in [1.82, 2.24) is 4.98 Å². The standard InChI is InChI=1S/C11H16ClN3O3/c1-7(2)9(3-4-16)14-11-10(15(17)18)5-8(12)6-13-11/h5-7,9,16H,3-4H2,1-2H3,(H,13,14). The molecule has 0 spiro atoms. The van der Waals surface area contributed by atoms with Crippen molar-refractivity contribution >= 4 is 23.1 Å². The number of nitro groups is 1. The van der Waals surface area contributed by atoms with E-state index in [9.17, 15) is 10.1 Å². The number of hydrogen-bond acceptors (Lipinski definition) is 5. The maximum absolute atomic E-state index is 10.9. The first-order chi connectivity index (χ1) is 8.45. The molecule has 18 heavy (non-hydrogen) atoms. The number of aliphatic hydroxyl groups is 1. The van der Waals surface area contributed by atoms with E-state index in [1.165, 1.54) is 12.3 Å². The second-order valence-corrected chi connectivity index (χ2v) is 4.72. The molecule has 0 saturated heterocycles. The largest absolute Gasteiger partial charge is 0.396 e. The Morgan fingerprint density at radius 2 is 2.28 bits per heavy atom. The molecule has 0 fully saturated rings. The Balaban J connectivity index is 2.98. The molecular formula is C11H16ClN3O3. The summed E-state index contributed by atoms with van der Waals surface area (Å²) < 4.78 is 0. The van der Waals surface area contributed by atoms with E-state index in [1.807, 2.05) is 13.8 Å². The van der Waals surface area contributed by atoms with Gasteiger partial charge in [0.05, 0.1) is 9.95 Å². The summed E-state index contributed by atoms with van der Waals surface area (Å²) in [5, 5.41) is 23.1. The monoisotopic (exact) mass is 273 g/mol. The molecular weight excluding hydrogens is 258 g/mol. The van der Waals surface area contributed by atoms with Crippen LogP contribution in [0.3, 0.4) is 0 Å². The van der Waals surface area contributed by atoms with Crippen LogP contribution in [0.25, 0.3) is 0 Å². The van der Waals surface area contributed by atoms with E-state index in [0.29, 0.717) is 6.42 Å². The van der Waals surface area contributed by atoms with Crippen molar-refractivity contribution in [2.45, 2.75) is 26.3 Å². The number of nitrogens with one attached hydrogen (secondary N) is 1. The average Bonchev–Trinajstić information content (AvgIpc) is 2.30. The Morgan fingerprint density at radius 3 is 2.78 bits per heavy atom. The van der Waals surface area contributed by atoms with Crippen molar-refractivity contribution in [2.24, 2.45) is 5.92 Å². The fourth-order valence-electron chi connectivity index (χ4n) is 1.57. The van der Waals surface area contributed by atoms with E-state index < -0.39 is 4.92 Å². The molecule has 0 aliphatic heterocycles. The van der Waals surface area contributed by atoms with Crippen molar-refractivity contribution in [1.29, 1.82) is 0 Å². The third kappa shape index (κ3) is 3.82. The van der Waals surface area contributed by atoms with Gasteiger partial charge in [0.25, 0.3) is 0 Å². The van der Waals surface area contributed by atoms with Crippen LogP contribution >= 0.6 is 11.6 Å². The Kier molecular flexibility index (Phi) is 5.30. The number of rotatable bonds is 6. The third-order valence-electron chi connectivity index (χ3n) is 2.60. The second-order valence-electron chi connectivity index (χ2n) is 4.29. The molecule has 0 amide bonds. The van der Waals surface area contributed by atoms with Crippen molar-refractivity contribution < 1.29 is 10.0 Å². The highest BCUT2D eigenvalue weighted by Crippen LogP contribution is 2.26. The van der Waals surface area contributed by atoms with Crippen LogP contribution in [0.15, 0.2) is 12.3 Å². The molecule has 1 aromatic rings. The lowest BCUT2D eigenvalue weighted by Gasteiger charge is -2.21. The van der Waals surface area contributed by atoms with Crippen LogP contribution in [0.1, 0.15) is 20.3 Å². The minimum atomic E-state index is -0.530. The summed E-state index contributed by atoms with van der Waals surface area (Å²) in [4.78, 5) is 14.3. The summed E-state index contributed by atoms with van der Waals surface area (Å²) >= 11 is 5.69. The molecule has 7 heteroatoms. The van der Waals surface area contributed by atoms with Crippen LogP contribution in [0.2, 0.25) is 5.02 Å². The first kappa shape index (κ1) is 14.7. The number of pyridine rings is 1. The molecule has 2 N–H and O–H groups in total. The predicted molar refractivity (Wildman–Crippen MR) is 69.9 cm³/mol. The minimum Gasteiger partial charge on any atom is -0.396 e. The Bertz CT molecular complexity index is 426. The number of hydrogen-bond donors (Lipinski definition) is 2. The van der Waals surface area contributed by atoms with Crippen molar-refractivity contribution in [2.75, 3.05) is 11.9 Å². The topological polar surface area (TPSA) is 88.3 Å². The van der Waals surface area contributed by atoms with Gasteiger partial charge >= 0.3 is 5.69 Å². The molecule has 0 aliphatic carbocycles. The van der Waals surface area contributed by atoms with Crippen LogP contribution in [0, 0.1) is 16.0 Å². The van der Waals surface area contributed by atoms with E-state index in [2.05, 4.69) is 10.3 Å². The number of nitrogens with zero attached hydrogens (tertiary/aromatic N) is 2. The molecule has 0 saturated carbocycles. The summed E-state index contributed by atoms with van der Waals surface area (Å²) in [5.41, 5.74) is -0.161. The number of anilines is 1. The van der Waals surface area contributed by atoms with Gasteiger partial charge in [-0.1, -0.05) is 25.4 Å². The first-order valence-electron chi connectivity index (χ1n) is 5.63. The van der Waals surface area contributed by atoms with Gasteiger partial charge < -0.3 is 10.4 Å². The van der Waals surface area contributed by atoms with E-state index in [0.717, 1.165) is 0 Å². The zero-order chi connectivity index (χ0) is 13.7. The fourth-order valence-corrected chi connectivity index (χ4v) is 1.72. The minimum absolute atomic E-state index is 0.0111. The van der Waals surface area contributed by atoms with Crippen LogP contribution in [0.5, 0.6) is 0 Å². The van der Waals surface area contributed by atoms with Crippen LogP contribution in [-0.4, -0.2) is 27.7 Å². The Hall–Kier alpha value is -1.40. The molecule has 0 aromatic carbocycles. The lowest BCUT2D eigenvalue weighted by Crippen LogP contribution is -2.27. The number of aliphatic hydroxyl groups excluding tert-OH is 1. The molecule has 1 unspecified atom stereocenters. The fraction of sp³-hybridized carbons (Fsp3) is 0.545. The Morgan fingerprint density at radius 1 is 1.61 bits per heavy atom. The third-order valence-corrected chi connectivity index (χ3v) is 2.80. The van der Waals surface area contributed by atoms with E-state index in [-0.39, 0.29) is 35.1 Å². The van der Waals surface area contributed by atoms with Crippen LogP contribution in [-0.2, 0) is 0 Å². The van der Waals surface area contributed by atoms with Gasteiger partial charge in [-0.15, -0.1) is 0 Å². The van der Waals surface area contributed by atoms with E-state index >= 15 is 0 Å². The normalized spacial score (nSPS) is 12.5. The second kappa shape index (κ2) is 6.51. The van der Waals surface area contributed by atoms with Crippen molar-refractivity contribution in [3.63, 3.8) is 0 Å². The molecule has 1 heterocycles. The van der Waals surface area contributed by atoms with Gasteiger partial charge in [-0.25, -0.2) is 4.98 Å². The van der Waals surface area contributed by atoms with Gasteiger partial charge in [0.15, 0.2) is 0 Å². The molecule has 6 nitrogen and oxygen atoms in total. The zero-order valence-corrected chi connectivity index (χ0v) is 11.0. The molecule has 1 rings (SSSR count). The SMILES string of the molecule is CC(C)C(CCO)Nc1ncc(Cl)cc1[N+](=O)[O-]. The highest BCUT2D eigenvalue weighted by atomic mass is 35.5. The van der Waals surface area contributed by atoms with Crippen molar-refractivity contribution in [3.8, 4) is 0 Å². The molecule has 0 bridgehead atoms. The molecule has 0 aliphatic rings. The maximum atomic E-state index is 10.9. The number of aromatic nitrogens is 1. The Labute approximate surface area is 110 Å².